The third-order valence-corrected chi connectivity index (χ3v) is 2.49. The van der Waals surface area contributed by atoms with E-state index in [1.54, 1.807) is 24.3 Å². The number of amides is 1. The van der Waals surface area contributed by atoms with Gasteiger partial charge in [-0.15, -0.1) is 0 Å². The first-order valence-electron chi connectivity index (χ1n) is 5.83. The highest BCUT2D eigenvalue weighted by Crippen LogP contribution is 2.19. The summed E-state index contributed by atoms with van der Waals surface area (Å²) < 4.78 is 6.18. The van der Waals surface area contributed by atoms with E-state index in [2.05, 4.69) is 16.9 Å². The maximum Gasteiger partial charge on any atom is 0.414 e. The molecule has 20 heavy (non-hydrogen) atoms. The molecule has 0 unspecified atom stereocenters. The van der Waals surface area contributed by atoms with Gasteiger partial charge in [-0.3, -0.25) is 14.7 Å². The van der Waals surface area contributed by atoms with Crippen LogP contribution in [0.2, 0.25) is 0 Å². The molecule has 7 nitrogen and oxygen atoms in total. The highest BCUT2D eigenvalue weighted by molar-refractivity contribution is 5.88. The summed E-state index contributed by atoms with van der Waals surface area (Å²) in [5.41, 5.74) is 1.21. The minimum absolute atomic E-state index is 0.0605. The van der Waals surface area contributed by atoms with Gasteiger partial charge < -0.3 is 9.84 Å². The van der Waals surface area contributed by atoms with Crippen LogP contribution in [0.3, 0.4) is 0 Å². The topological polar surface area (TPSA) is 93.5 Å². The number of aliphatic carboxylic acids is 1. The van der Waals surface area contributed by atoms with E-state index in [9.17, 15) is 9.59 Å². The largest absolute Gasteiger partial charge is 0.480 e. The van der Waals surface area contributed by atoms with Crippen LogP contribution in [0.15, 0.2) is 36.9 Å². The number of hydrogen-bond acceptors (Lipinski definition) is 4. The second-order valence-electron chi connectivity index (χ2n) is 3.92. The molecule has 2 N–H and O–H groups in total. The Hall–Kier alpha value is -2.83. The van der Waals surface area contributed by atoms with E-state index in [0.29, 0.717) is 11.0 Å². The second-order valence-corrected chi connectivity index (χ2v) is 3.92. The van der Waals surface area contributed by atoms with Crippen molar-refractivity contribution in [2.75, 3.05) is 11.9 Å². The van der Waals surface area contributed by atoms with E-state index in [0.717, 1.165) is 0 Å². The number of para-hydroxylation sites is 2. The molecule has 2 aromatic rings. The lowest BCUT2D eigenvalue weighted by molar-refractivity contribution is -0.137. The number of nitrogens with zero attached hydrogens (tertiary/aromatic N) is 2. The van der Waals surface area contributed by atoms with Gasteiger partial charge in [-0.25, -0.2) is 9.78 Å². The van der Waals surface area contributed by atoms with E-state index >= 15 is 0 Å². The zero-order valence-corrected chi connectivity index (χ0v) is 10.6. The number of carboxylic acids is 1. The number of fused-ring (bicyclic) bond motifs is 1. The van der Waals surface area contributed by atoms with Crippen molar-refractivity contribution in [3.8, 4) is 0 Å². The van der Waals surface area contributed by atoms with Crippen molar-refractivity contribution in [2.24, 2.45) is 0 Å². The fourth-order valence-corrected chi connectivity index (χ4v) is 1.73. The maximum atomic E-state index is 11.5. The lowest BCUT2D eigenvalue weighted by Gasteiger charge is -2.07. The Labute approximate surface area is 114 Å². The molecule has 0 atom stereocenters. The standard InChI is InChI=1S/C13H13N3O4/c1-2-7-20-13(19)15-12-14-9-5-3-4-6-10(9)16(12)8-11(17)18/h2-6H,1,7-8H2,(H,17,18)(H,14,15,19). The third kappa shape index (κ3) is 2.94. The summed E-state index contributed by atoms with van der Waals surface area (Å²) in [7, 11) is 0. The fraction of sp³-hybridized carbons (Fsp3) is 0.154. The molecular formula is C13H13N3O4. The molecule has 0 radical (unpaired) electrons. The molecule has 1 aromatic carbocycles. The second kappa shape index (κ2) is 5.87. The molecule has 0 aliphatic heterocycles. The van der Waals surface area contributed by atoms with Crippen molar-refractivity contribution in [1.82, 2.24) is 9.55 Å². The average Bonchev–Trinajstić information content (AvgIpc) is 2.74. The Morgan fingerprint density at radius 3 is 2.90 bits per heavy atom. The average molecular weight is 275 g/mol. The summed E-state index contributed by atoms with van der Waals surface area (Å²) in [5, 5.41) is 11.4. The van der Waals surface area contributed by atoms with Crippen LogP contribution in [0.5, 0.6) is 0 Å². The van der Waals surface area contributed by atoms with Crippen LogP contribution in [0.25, 0.3) is 11.0 Å². The monoisotopic (exact) mass is 275 g/mol. The molecule has 104 valence electrons. The molecule has 1 amide bonds. The molecule has 0 fully saturated rings. The fourth-order valence-electron chi connectivity index (χ4n) is 1.73. The quantitative estimate of drug-likeness (QED) is 0.812. The molecule has 0 saturated carbocycles. The Kier molecular flexibility index (Phi) is 3.99. The van der Waals surface area contributed by atoms with Crippen molar-refractivity contribution >= 4 is 29.0 Å². The molecule has 2 rings (SSSR count). The molecule has 0 aliphatic carbocycles. The number of ether oxygens (including phenoxy) is 1. The predicted octanol–water partition coefficient (Wildman–Crippen LogP) is 1.86. The molecule has 0 aliphatic rings. The molecule has 7 heteroatoms. The van der Waals surface area contributed by atoms with E-state index < -0.39 is 12.1 Å². The maximum absolute atomic E-state index is 11.5. The van der Waals surface area contributed by atoms with Gasteiger partial charge in [-0.05, 0) is 12.1 Å². The van der Waals surface area contributed by atoms with Crippen molar-refractivity contribution in [1.29, 1.82) is 0 Å². The number of imidazole rings is 1. The number of hydrogen-bond donors (Lipinski definition) is 2. The Bertz CT molecular complexity index is 663. The first kappa shape index (κ1) is 13.6. The molecule has 0 saturated heterocycles. The summed E-state index contributed by atoms with van der Waals surface area (Å²) in [5.74, 6) is -0.904. The molecule has 0 spiro atoms. The van der Waals surface area contributed by atoms with E-state index in [1.165, 1.54) is 10.6 Å². The lowest BCUT2D eigenvalue weighted by atomic mass is 10.3. The van der Waals surface area contributed by atoms with Crippen molar-refractivity contribution in [3.63, 3.8) is 0 Å². The highest BCUT2D eigenvalue weighted by atomic mass is 16.5. The molecule has 0 bridgehead atoms. The zero-order chi connectivity index (χ0) is 14.5. The first-order valence-corrected chi connectivity index (χ1v) is 5.83. The molecule has 1 aromatic heterocycles. The number of rotatable bonds is 5. The van der Waals surface area contributed by atoms with Crippen LogP contribution in [-0.4, -0.2) is 33.3 Å². The Morgan fingerprint density at radius 2 is 2.20 bits per heavy atom. The third-order valence-electron chi connectivity index (χ3n) is 2.49. The van der Waals surface area contributed by atoms with Crippen molar-refractivity contribution in [3.05, 3.63) is 36.9 Å². The minimum Gasteiger partial charge on any atom is -0.480 e. The summed E-state index contributed by atoms with van der Waals surface area (Å²) in [6.07, 6.45) is 0.714. The van der Waals surface area contributed by atoms with Gasteiger partial charge >= 0.3 is 12.1 Å². The highest BCUT2D eigenvalue weighted by Gasteiger charge is 2.15. The molecular weight excluding hydrogens is 262 g/mol. The minimum atomic E-state index is -1.03. The number of carbonyl (C=O) groups excluding carboxylic acids is 1. The van der Waals surface area contributed by atoms with Gasteiger partial charge in [0.05, 0.1) is 11.0 Å². The number of carboxylic acid groups (broad SMARTS) is 1. The number of aromatic nitrogens is 2. The van der Waals surface area contributed by atoms with Crippen LogP contribution in [0.4, 0.5) is 10.7 Å². The van der Waals surface area contributed by atoms with Gasteiger partial charge in [0.1, 0.15) is 13.2 Å². The van der Waals surface area contributed by atoms with Crippen LogP contribution in [-0.2, 0) is 16.1 Å². The van der Waals surface area contributed by atoms with Gasteiger partial charge in [0.25, 0.3) is 0 Å². The number of benzene rings is 1. The smallest absolute Gasteiger partial charge is 0.414 e. The SMILES string of the molecule is C=CCOC(=O)Nc1nc2ccccc2n1CC(=O)O. The van der Waals surface area contributed by atoms with Gasteiger partial charge in [0.15, 0.2) is 0 Å². The van der Waals surface area contributed by atoms with E-state index in [4.69, 9.17) is 9.84 Å². The van der Waals surface area contributed by atoms with Crippen LogP contribution in [0.1, 0.15) is 0 Å². The van der Waals surface area contributed by atoms with Gasteiger partial charge in [-0.2, -0.15) is 0 Å². The van der Waals surface area contributed by atoms with Crippen molar-refractivity contribution in [2.45, 2.75) is 6.54 Å². The van der Waals surface area contributed by atoms with Crippen molar-refractivity contribution < 1.29 is 19.4 Å². The Morgan fingerprint density at radius 1 is 1.45 bits per heavy atom. The number of anilines is 1. The summed E-state index contributed by atoms with van der Waals surface area (Å²) in [4.78, 5) is 26.6. The van der Waals surface area contributed by atoms with E-state index in [-0.39, 0.29) is 19.1 Å². The zero-order valence-electron chi connectivity index (χ0n) is 10.6. The summed E-state index contributed by atoms with van der Waals surface area (Å²) >= 11 is 0. The summed E-state index contributed by atoms with van der Waals surface area (Å²) in [6, 6.07) is 7.00. The van der Waals surface area contributed by atoms with Gasteiger partial charge in [0, 0.05) is 0 Å². The summed E-state index contributed by atoms with van der Waals surface area (Å²) in [6.45, 7) is 3.18. The van der Waals surface area contributed by atoms with Gasteiger partial charge in [0.2, 0.25) is 5.95 Å². The van der Waals surface area contributed by atoms with Crippen LogP contribution < -0.4 is 5.32 Å². The predicted molar refractivity (Wildman–Crippen MR) is 72.5 cm³/mol. The number of carbonyl (C=O) groups is 2. The lowest BCUT2D eigenvalue weighted by Crippen LogP contribution is -2.19. The van der Waals surface area contributed by atoms with E-state index in [1.807, 2.05) is 0 Å². The van der Waals surface area contributed by atoms with Crippen LogP contribution in [0, 0.1) is 0 Å². The van der Waals surface area contributed by atoms with Crippen LogP contribution >= 0.6 is 0 Å². The molecule has 1 heterocycles. The van der Waals surface area contributed by atoms with Gasteiger partial charge in [-0.1, -0.05) is 24.8 Å². The normalized spacial score (nSPS) is 10.2. The Balaban J connectivity index is 2.33. The number of nitrogens with one attached hydrogen (secondary N) is 1. The first-order chi connectivity index (χ1) is 9.61.